The third kappa shape index (κ3) is 3.54. The van der Waals surface area contributed by atoms with Crippen LogP contribution in [0.1, 0.15) is 30.1 Å². The maximum Gasteiger partial charge on any atom is 0.254 e. The number of halogens is 2. The van der Waals surface area contributed by atoms with Crippen molar-refractivity contribution in [1.29, 1.82) is 0 Å². The number of rotatable bonds is 2. The summed E-state index contributed by atoms with van der Waals surface area (Å²) < 4.78 is 13.5. The maximum atomic E-state index is 13.5. The standard InChI is InChI=1S/C17H20ClFN2O3/c1-9(22)20-15-4-11-7-21(8-12(11)5-16(15)23)17(24)10-2-13(18)6-14(19)3-10/h2-3,6,11-12,15-16,23H,4-5,7-8H2,1H3,(H,20,22)/t11-,12+,15-,16-/m1/s1. The van der Waals surface area contributed by atoms with Crippen molar-refractivity contribution >= 4 is 23.4 Å². The Balaban J connectivity index is 1.70. The zero-order valence-corrected chi connectivity index (χ0v) is 14.1. The number of likely N-dealkylation sites (tertiary alicyclic amines) is 1. The van der Waals surface area contributed by atoms with E-state index in [0.29, 0.717) is 25.9 Å². The van der Waals surface area contributed by atoms with E-state index in [1.165, 1.54) is 19.1 Å². The average molecular weight is 355 g/mol. The molecule has 0 spiro atoms. The van der Waals surface area contributed by atoms with Crippen molar-refractivity contribution in [2.75, 3.05) is 13.1 Å². The maximum absolute atomic E-state index is 13.5. The molecule has 1 saturated heterocycles. The molecule has 130 valence electrons. The molecule has 2 fully saturated rings. The first-order valence-electron chi connectivity index (χ1n) is 8.04. The second-order valence-corrected chi connectivity index (χ2v) is 7.17. The minimum Gasteiger partial charge on any atom is -0.391 e. The van der Waals surface area contributed by atoms with Gasteiger partial charge < -0.3 is 15.3 Å². The zero-order chi connectivity index (χ0) is 17.4. The van der Waals surface area contributed by atoms with Crippen molar-refractivity contribution in [3.8, 4) is 0 Å². The van der Waals surface area contributed by atoms with E-state index in [1.54, 1.807) is 4.90 Å². The first-order chi connectivity index (χ1) is 11.3. The smallest absolute Gasteiger partial charge is 0.254 e. The van der Waals surface area contributed by atoms with Crippen LogP contribution in [-0.2, 0) is 4.79 Å². The molecule has 1 saturated carbocycles. The van der Waals surface area contributed by atoms with Gasteiger partial charge in [-0.05, 0) is 42.9 Å². The van der Waals surface area contributed by atoms with Crippen LogP contribution >= 0.6 is 11.6 Å². The summed E-state index contributed by atoms with van der Waals surface area (Å²) >= 11 is 5.83. The number of aliphatic hydroxyl groups is 1. The summed E-state index contributed by atoms with van der Waals surface area (Å²) in [4.78, 5) is 25.5. The molecular weight excluding hydrogens is 335 g/mol. The molecule has 2 N–H and O–H groups in total. The highest BCUT2D eigenvalue weighted by Gasteiger charge is 2.43. The van der Waals surface area contributed by atoms with E-state index in [-0.39, 0.29) is 40.3 Å². The Morgan fingerprint density at radius 2 is 1.92 bits per heavy atom. The lowest BCUT2D eigenvalue weighted by atomic mass is 9.77. The number of nitrogens with zero attached hydrogens (tertiary/aromatic N) is 1. The Morgan fingerprint density at radius 1 is 1.25 bits per heavy atom. The summed E-state index contributed by atoms with van der Waals surface area (Å²) in [5.74, 6) is -0.547. The Hall–Kier alpha value is -1.66. The Labute approximate surface area is 144 Å². The van der Waals surface area contributed by atoms with Gasteiger partial charge in [-0.25, -0.2) is 4.39 Å². The molecule has 0 aromatic heterocycles. The van der Waals surface area contributed by atoms with Crippen molar-refractivity contribution < 1.29 is 19.1 Å². The molecule has 4 atom stereocenters. The minimum absolute atomic E-state index is 0.169. The Morgan fingerprint density at radius 3 is 2.54 bits per heavy atom. The second-order valence-electron chi connectivity index (χ2n) is 6.73. The minimum atomic E-state index is -0.603. The number of nitrogens with one attached hydrogen (secondary N) is 1. The quantitative estimate of drug-likeness (QED) is 0.851. The molecule has 1 aliphatic heterocycles. The summed E-state index contributed by atoms with van der Waals surface area (Å²) in [6, 6.07) is 3.54. The molecule has 1 heterocycles. The Kier molecular flexibility index (Phi) is 4.78. The third-order valence-electron chi connectivity index (χ3n) is 4.93. The van der Waals surface area contributed by atoms with E-state index in [4.69, 9.17) is 11.6 Å². The van der Waals surface area contributed by atoms with E-state index in [2.05, 4.69) is 5.32 Å². The van der Waals surface area contributed by atoms with Crippen LogP contribution in [0.2, 0.25) is 5.02 Å². The van der Waals surface area contributed by atoms with E-state index in [0.717, 1.165) is 6.07 Å². The van der Waals surface area contributed by atoms with Gasteiger partial charge in [-0.2, -0.15) is 0 Å². The largest absolute Gasteiger partial charge is 0.391 e. The number of carbonyl (C=O) groups is 2. The van der Waals surface area contributed by atoms with Crippen molar-refractivity contribution in [3.63, 3.8) is 0 Å². The Bertz CT molecular complexity index is 649. The molecule has 2 amide bonds. The molecule has 24 heavy (non-hydrogen) atoms. The fourth-order valence-electron chi connectivity index (χ4n) is 3.87. The predicted molar refractivity (Wildman–Crippen MR) is 87.1 cm³/mol. The SMILES string of the molecule is CC(=O)N[C@@H]1C[C@@H]2CN(C(=O)c3cc(F)cc(Cl)c3)C[C@@H]2C[C@H]1O. The van der Waals surface area contributed by atoms with Gasteiger partial charge in [0.25, 0.3) is 5.91 Å². The van der Waals surface area contributed by atoms with Crippen molar-refractivity contribution in [2.45, 2.75) is 31.9 Å². The van der Waals surface area contributed by atoms with E-state index < -0.39 is 11.9 Å². The molecular formula is C17H20ClFN2O3. The second kappa shape index (κ2) is 6.69. The van der Waals surface area contributed by atoms with Gasteiger partial charge in [0, 0.05) is 30.6 Å². The monoisotopic (exact) mass is 354 g/mol. The lowest BCUT2D eigenvalue weighted by Crippen LogP contribution is -2.48. The first-order valence-corrected chi connectivity index (χ1v) is 8.42. The molecule has 7 heteroatoms. The zero-order valence-electron chi connectivity index (χ0n) is 13.3. The topological polar surface area (TPSA) is 69.6 Å². The van der Waals surface area contributed by atoms with Crippen molar-refractivity contribution in [3.05, 3.63) is 34.6 Å². The molecule has 0 radical (unpaired) electrons. The van der Waals surface area contributed by atoms with Crippen LogP contribution in [0.4, 0.5) is 4.39 Å². The van der Waals surface area contributed by atoms with Gasteiger partial charge in [0.15, 0.2) is 0 Å². The summed E-state index contributed by atoms with van der Waals surface area (Å²) in [5.41, 5.74) is 0.234. The van der Waals surface area contributed by atoms with Crippen LogP contribution in [-0.4, -0.2) is 47.1 Å². The fraction of sp³-hybridized carbons (Fsp3) is 0.529. The van der Waals surface area contributed by atoms with Gasteiger partial charge in [0.1, 0.15) is 5.82 Å². The van der Waals surface area contributed by atoms with Gasteiger partial charge in [-0.15, -0.1) is 0 Å². The highest BCUT2D eigenvalue weighted by atomic mass is 35.5. The summed E-state index contributed by atoms with van der Waals surface area (Å²) in [5, 5.41) is 13.2. The van der Waals surface area contributed by atoms with Gasteiger partial charge in [-0.1, -0.05) is 11.6 Å². The molecule has 1 aromatic rings. The molecule has 0 bridgehead atoms. The highest BCUT2D eigenvalue weighted by Crippen LogP contribution is 2.37. The number of amides is 2. The highest BCUT2D eigenvalue weighted by molar-refractivity contribution is 6.31. The summed E-state index contributed by atoms with van der Waals surface area (Å²) in [6.45, 7) is 2.50. The van der Waals surface area contributed by atoms with Crippen molar-refractivity contribution in [2.24, 2.45) is 11.8 Å². The van der Waals surface area contributed by atoms with E-state index in [1.807, 2.05) is 0 Å². The predicted octanol–water partition coefficient (Wildman–Crippen LogP) is 1.83. The van der Waals surface area contributed by atoms with Gasteiger partial charge in [-0.3, -0.25) is 9.59 Å². The molecule has 2 aliphatic rings. The first kappa shape index (κ1) is 17.2. The van der Waals surface area contributed by atoms with Crippen molar-refractivity contribution in [1.82, 2.24) is 10.2 Å². The van der Waals surface area contributed by atoms with E-state index >= 15 is 0 Å². The molecule has 3 rings (SSSR count). The number of carbonyl (C=O) groups excluding carboxylic acids is 2. The molecule has 1 aliphatic carbocycles. The van der Waals surface area contributed by atoms with Gasteiger partial charge in [0.2, 0.25) is 5.91 Å². The summed E-state index contributed by atoms with van der Waals surface area (Å²) in [6.07, 6.45) is 0.580. The number of benzene rings is 1. The average Bonchev–Trinajstić information content (AvgIpc) is 2.88. The molecule has 1 aromatic carbocycles. The lowest BCUT2D eigenvalue weighted by Gasteiger charge is -2.35. The summed E-state index contributed by atoms with van der Waals surface area (Å²) in [7, 11) is 0. The van der Waals surface area contributed by atoms with Crippen LogP contribution in [0, 0.1) is 17.7 Å². The van der Waals surface area contributed by atoms with Gasteiger partial charge in [0.05, 0.1) is 12.1 Å². The van der Waals surface area contributed by atoms with Crippen LogP contribution in [0.5, 0.6) is 0 Å². The molecule has 5 nitrogen and oxygen atoms in total. The number of hydrogen-bond acceptors (Lipinski definition) is 3. The number of aliphatic hydroxyl groups excluding tert-OH is 1. The number of fused-ring (bicyclic) bond motifs is 1. The number of hydrogen-bond donors (Lipinski definition) is 2. The fourth-order valence-corrected chi connectivity index (χ4v) is 4.09. The van der Waals surface area contributed by atoms with Gasteiger partial charge >= 0.3 is 0 Å². The molecule has 0 unspecified atom stereocenters. The van der Waals surface area contributed by atoms with Crippen LogP contribution in [0.3, 0.4) is 0 Å². The van der Waals surface area contributed by atoms with Crippen LogP contribution < -0.4 is 5.32 Å². The van der Waals surface area contributed by atoms with Crippen LogP contribution in [0.15, 0.2) is 18.2 Å². The lowest BCUT2D eigenvalue weighted by molar-refractivity contribution is -0.121. The van der Waals surface area contributed by atoms with Crippen LogP contribution in [0.25, 0.3) is 0 Å². The normalized spacial score (nSPS) is 29.2. The van der Waals surface area contributed by atoms with E-state index in [9.17, 15) is 19.1 Å². The third-order valence-corrected chi connectivity index (χ3v) is 5.15.